The largest absolute Gasteiger partial charge is 0.399 e. The monoisotopic (exact) mass is 342 g/mol. The molecule has 0 radical (unpaired) electrons. The fourth-order valence-electron chi connectivity index (χ4n) is 1.78. The third kappa shape index (κ3) is 3.17. The molecule has 0 aliphatic heterocycles. The lowest BCUT2D eigenvalue weighted by Gasteiger charge is -1.95. The van der Waals surface area contributed by atoms with Gasteiger partial charge in [-0.05, 0) is 51.8 Å². The maximum absolute atomic E-state index is 5.73. The summed E-state index contributed by atoms with van der Waals surface area (Å²) in [5.74, 6) is 0.847. The number of nitrogen functional groups attached to an aromatic ring is 1. The van der Waals surface area contributed by atoms with Gasteiger partial charge in [0, 0.05) is 22.4 Å². The normalized spacial score (nSPS) is 11.1. The van der Waals surface area contributed by atoms with Crippen LogP contribution in [0.3, 0.4) is 0 Å². The molecule has 21 heavy (non-hydrogen) atoms. The van der Waals surface area contributed by atoms with Crippen molar-refractivity contribution < 1.29 is 4.52 Å². The molecule has 6 heteroatoms. The lowest BCUT2D eigenvalue weighted by Crippen LogP contribution is -1.86. The van der Waals surface area contributed by atoms with E-state index in [-0.39, 0.29) is 0 Å². The van der Waals surface area contributed by atoms with Crippen molar-refractivity contribution in [3.05, 3.63) is 58.5 Å². The molecule has 2 N–H and O–H groups in total. The van der Waals surface area contributed by atoms with E-state index in [0.717, 1.165) is 10.0 Å². The molecule has 1 aromatic carbocycles. The van der Waals surface area contributed by atoms with Gasteiger partial charge < -0.3 is 10.3 Å². The number of nitrogens with zero attached hydrogens (tertiary/aromatic N) is 3. The Balaban J connectivity index is 1.84. The number of anilines is 1. The Morgan fingerprint density at radius 3 is 2.86 bits per heavy atom. The first-order valence-electron chi connectivity index (χ1n) is 6.20. The third-order valence-electron chi connectivity index (χ3n) is 2.74. The maximum Gasteiger partial charge on any atom is 0.251 e. The Morgan fingerprint density at radius 2 is 2.05 bits per heavy atom. The average Bonchev–Trinajstić information content (AvgIpc) is 2.94. The van der Waals surface area contributed by atoms with E-state index in [1.165, 1.54) is 0 Å². The number of pyridine rings is 1. The van der Waals surface area contributed by atoms with Gasteiger partial charge in [-0.3, -0.25) is 4.98 Å². The first-order chi connectivity index (χ1) is 10.2. The summed E-state index contributed by atoms with van der Waals surface area (Å²) < 4.78 is 6.00. The highest BCUT2D eigenvalue weighted by Crippen LogP contribution is 2.23. The van der Waals surface area contributed by atoms with Crippen molar-refractivity contribution in [3.8, 4) is 11.5 Å². The Bertz CT molecular complexity index is 798. The molecule has 3 rings (SSSR count). The van der Waals surface area contributed by atoms with E-state index in [2.05, 4.69) is 31.1 Å². The second-order valence-corrected chi connectivity index (χ2v) is 5.15. The fraction of sp³-hybridized carbons (Fsp3) is 0. The molecule has 2 aromatic heterocycles. The molecule has 104 valence electrons. The minimum Gasteiger partial charge on any atom is -0.399 e. The van der Waals surface area contributed by atoms with Crippen LogP contribution in [0.15, 0.2) is 51.6 Å². The molecular weight excluding hydrogens is 332 g/mol. The van der Waals surface area contributed by atoms with Crippen molar-refractivity contribution in [2.45, 2.75) is 0 Å². The third-order valence-corrected chi connectivity index (χ3v) is 3.38. The van der Waals surface area contributed by atoms with Crippen LogP contribution in [0.4, 0.5) is 5.69 Å². The molecule has 0 saturated heterocycles. The Kier molecular flexibility index (Phi) is 3.79. The molecule has 0 unspecified atom stereocenters. The average molecular weight is 343 g/mol. The molecule has 0 fully saturated rings. The lowest BCUT2D eigenvalue weighted by molar-refractivity contribution is 0.411. The highest BCUT2D eigenvalue weighted by Gasteiger charge is 2.10. The summed E-state index contributed by atoms with van der Waals surface area (Å²) in [5.41, 5.74) is 8.04. The van der Waals surface area contributed by atoms with E-state index >= 15 is 0 Å². The predicted molar refractivity (Wildman–Crippen MR) is 85.0 cm³/mol. The van der Waals surface area contributed by atoms with Crippen LogP contribution >= 0.6 is 15.9 Å². The Labute approximate surface area is 129 Å². The highest BCUT2D eigenvalue weighted by molar-refractivity contribution is 9.10. The number of aromatic nitrogens is 3. The van der Waals surface area contributed by atoms with Gasteiger partial charge in [0.1, 0.15) is 5.69 Å². The van der Waals surface area contributed by atoms with E-state index in [1.54, 1.807) is 12.3 Å². The van der Waals surface area contributed by atoms with Crippen molar-refractivity contribution in [2.24, 2.45) is 0 Å². The second kappa shape index (κ2) is 5.88. The summed E-state index contributed by atoms with van der Waals surface area (Å²) in [6.07, 6.45) is 5.28. The standard InChI is InChI=1S/C15H11BrN4O/c16-12-5-2-8-18-14(12)15-19-13(21-20-15)7-6-10-3-1-4-11(17)9-10/h1-9H,17H2/b7-6+. The van der Waals surface area contributed by atoms with Gasteiger partial charge >= 0.3 is 0 Å². The molecule has 5 nitrogen and oxygen atoms in total. The van der Waals surface area contributed by atoms with Gasteiger partial charge in [0.2, 0.25) is 5.82 Å². The molecule has 0 bridgehead atoms. The molecule has 3 aromatic rings. The zero-order chi connectivity index (χ0) is 14.7. The van der Waals surface area contributed by atoms with Gasteiger partial charge in [0.05, 0.1) is 0 Å². The summed E-state index contributed by atoms with van der Waals surface area (Å²) in [7, 11) is 0. The van der Waals surface area contributed by atoms with Crippen LogP contribution in [-0.2, 0) is 0 Å². The number of rotatable bonds is 3. The van der Waals surface area contributed by atoms with Crippen molar-refractivity contribution in [3.63, 3.8) is 0 Å². The van der Waals surface area contributed by atoms with Crippen LogP contribution in [0.1, 0.15) is 11.5 Å². The van der Waals surface area contributed by atoms with Crippen LogP contribution in [0.5, 0.6) is 0 Å². The molecular formula is C15H11BrN4O. The summed E-state index contributed by atoms with van der Waals surface area (Å²) in [6, 6.07) is 11.2. The van der Waals surface area contributed by atoms with Gasteiger partial charge in [-0.2, -0.15) is 4.98 Å². The Hall–Kier alpha value is -2.47. The highest BCUT2D eigenvalue weighted by atomic mass is 79.9. The number of benzene rings is 1. The minimum atomic E-state index is 0.407. The van der Waals surface area contributed by atoms with E-state index in [1.807, 2.05) is 42.5 Å². The van der Waals surface area contributed by atoms with E-state index < -0.39 is 0 Å². The van der Waals surface area contributed by atoms with E-state index in [4.69, 9.17) is 10.3 Å². The van der Waals surface area contributed by atoms with Crippen molar-refractivity contribution in [1.29, 1.82) is 0 Å². The van der Waals surface area contributed by atoms with Crippen molar-refractivity contribution in [1.82, 2.24) is 15.1 Å². The van der Waals surface area contributed by atoms with Crippen LogP contribution in [0.2, 0.25) is 0 Å². The zero-order valence-corrected chi connectivity index (χ0v) is 12.5. The summed E-state index contributed by atoms with van der Waals surface area (Å²) >= 11 is 3.41. The molecule has 0 amide bonds. The van der Waals surface area contributed by atoms with Crippen LogP contribution < -0.4 is 5.73 Å². The van der Waals surface area contributed by atoms with Crippen molar-refractivity contribution >= 4 is 33.8 Å². The van der Waals surface area contributed by atoms with Gasteiger partial charge in [0.15, 0.2) is 0 Å². The zero-order valence-electron chi connectivity index (χ0n) is 10.9. The summed E-state index contributed by atoms with van der Waals surface area (Å²) in [5, 5.41) is 3.92. The summed E-state index contributed by atoms with van der Waals surface area (Å²) in [4.78, 5) is 8.51. The fourth-order valence-corrected chi connectivity index (χ4v) is 2.21. The maximum atomic E-state index is 5.73. The van der Waals surface area contributed by atoms with Gasteiger partial charge in [-0.25, -0.2) is 0 Å². The minimum absolute atomic E-state index is 0.407. The molecule has 0 aliphatic rings. The predicted octanol–water partition coefficient (Wildman–Crippen LogP) is 3.65. The first kappa shape index (κ1) is 13.5. The van der Waals surface area contributed by atoms with Crippen LogP contribution in [0.25, 0.3) is 23.7 Å². The van der Waals surface area contributed by atoms with Gasteiger partial charge in [-0.1, -0.05) is 17.3 Å². The number of hydrogen-bond donors (Lipinski definition) is 1. The van der Waals surface area contributed by atoms with Gasteiger partial charge in [0.25, 0.3) is 5.89 Å². The SMILES string of the molecule is Nc1cccc(/C=C/c2nc(-c3ncccc3Br)no2)c1. The molecule has 0 aliphatic carbocycles. The lowest BCUT2D eigenvalue weighted by atomic mass is 10.2. The van der Waals surface area contributed by atoms with E-state index in [9.17, 15) is 0 Å². The van der Waals surface area contributed by atoms with E-state index in [0.29, 0.717) is 23.1 Å². The Morgan fingerprint density at radius 1 is 1.14 bits per heavy atom. The topological polar surface area (TPSA) is 77.8 Å². The number of hydrogen-bond acceptors (Lipinski definition) is 5. The smallest absolute Gasteiger partial charge is 0.251 e. The second-order valence-electron chi connectivity index (χ2n) is 4.29. The van der Waals surface area contributed by atoms with Crippen LogP contribution in [0, 0.1) is 0 Å². The molecule has 0 spiro atoms. The van der Waals surface area contributed by atoms with Crippen LogP contribution in [-0.4, -0.2) is 15.1 Å². The van der Waals surface area contributed by atoms with Gasteiger partial charge in [-0.15, -0.1) is 0 Å². The molecule has 2 heterocycles. The van der Waals surface area contributed by atoms with Crippen molar-refractivity contribution in [2.75, 3.05) is 5.73 Å². The quantitative estimate of drug-likeness (QED) is 0.735. The summed E-state index contributed by atoms with van der Waals surface area (Å²) in [6.45, 7) is 0. The number of nitrogens with two attached hydrogens (primary N) is 1. The first-order valence-corrected chi connectivity index (χ1v) is 7.00. The number of halogens is 1. The molecule has 0 saturated carbocycles. The molecule has 0 atom stereocenters.